The van der Waals surface area contributed by atoms with Gasteiger partial charge in [-0.3, -0.25) is 0 Å². The van der Waals surface area contributed by atoms with Crippen LogP contribution in [0, 0.1) is 0 Å². The molecular formula is C12H17NO. The molecular weight excluding hydrogens is 174 g/mol. The third-order valence-corrected chi connectivity index (χ3v) is 3.18. The molecule has 2 heteroatoms. The molecule has 0 saturated heterocycles. The van der Waals surface area contributed by atoms with E-state index in [1.54, 1.807) is 0 Å². The number of hydrogen-bond acceptors (Lipinski definition) is 2. The molecule has 2 atom stereocenters. The highest BCUT2D eigenvalue weighted by atomic mass is 16.3. The molecule has 0 unspecified atom stereocenters. The Kier molecular flexibility index (Phi) is 2.13. The predicted molar refractivity (Wildman–Crippen MR) is 57.0 cm³/mol. The lowest BCUT2D eigenvalue weighted by atomic mass is 9.70. The maximum Gasteiger partial charge on any atom is 0.0741 e. The highest BCUT2D eigenvalue weighted by molar-refractivity contribution is 5.38. The van der Waals surface area contributed by atoms with Gasteiger partial charge in [0.1, 0.15) is 0 Å². The van der Waals surface area contributed by atoms with Crippen LogP contribution in [-0.2, 0) is 5.41 Å². The summed E-state index contributed by atoms with van der Waals surface area (Å²) < 4.78 is 0. The van der Waals surface area contributed by atoms with Gasteiger partial charge in [-0.25, -0.2) is 0 Å². The first-order valence-corrected chi connectivity index (χ1v) is 5.05. The number of aliphatic hydroxyl groups is 1. The quantitative estimate of drug-likeness (QED) is 0.656. The highest BCUT2D eigenvalue weighted by Crippen LogP contribution is 2.40. The normalized spacial score (nSPS) is 29.7. The van der Waals surface area contributed by atoms with Crippen LogP contribution in [-0.4, -0.2) is 11.2 Å². The number of benzene rings is 1. The van der Waals surface area contributed by atoms with Crippen LogP contribution in [0.4, 0.5) is 0 Å². The minimum atomic E-state index is -0.417. The van der Waals surface area contributed by atoms with Crippen molar-refractivity contribution in [2.45, 2.75) is 37.8 Å². The van der Waals surface area contributed by atoms with Gasteiger partial charge >= 0.3 is 0 Å². The standard InChI is InChI=1S/C12H17NO/c1-12(2)7-10(14)11(13)8-5-3-4-6-9(8)12/h3-6,10-11,14H,7,13H2,1-2H3/t10-,11-/m0/s1. The van der Waals surface area contributed by atoms with Gasteiger partial charge in [-0.05, 0) is 23.0 Å². The van der Waals surface area contributed by atoms with Gasteiger partial charge in [0.05, 0.1) is 12.1 Å². The summed E-state index contributed by atoms with van der Waals surface area (Å²) in [6.45, 7) is 4.31. The molecule has 0 bridgehead atoms. The second-order valence-electron chi connectivity index (χ2n) is 4.77. The molecule has 2 rings (SSSR count). The van der Waals surface area contributed by atoms with Crippen LogP contribution in [0.15, 0.2) is 24.3 Å². The summed E-state index contributed by atoms with van der Waals surface area (Å²) in [5, 5.41) is 9.84. The van der Waals surface area contributed by atoms with Crippen molar-refractivity contribution in [3.63, 3.8) is 0 Å². The largest absolute Gasteiger partial charge is 0.391 e. The van der Waals surface area contributed by atoms with Gasteiger partial charge in [0, 0.05) is 0 Å². The molecule has 3 N–H and O–H groups in total. The Bertz CT molecular complexity index is 346. The summed E-state index contributed by atoms with van der Waals surface area (Å²) >= 11 is 0. The average molecular weight is 191 g/mol. The Morgan fingerprint density at radius 2 is 2.00 bits per heavy atom. The third-order valence-electron chi connectivity index (χ3n) is 3.18. The molecule has 0 spiro atoms. The lowest BCUT2D eigenvalue weighted by molar-refractivity contribution is 0.0995. The number of fused-ring (bicyclic) bond motifs is 1. The van der Waals surface area contributed by atoms with Crippen molar-refractivity contribution < 1.29 is 5.11 Å². The molecule has 0 radical (unpaired) electrons. The predicted octanol–water partition coefficient (Wildman–Crippen LogP) is 1.73. The Hall–Kier alpha value is -0.860. The highest BCUT2D eigenvalue weighted by Gasteiger charge is 2.36. The van der Waals surface area contributed by atoms with Crippen LogP contribution in [0.5, 0.6) is 0 Å². The monoisotopic (exact) mass is 191 g/mol. The fourth-order valence-electron chi connectivity index (χ4n) is 2.37. The van der Waals surface area contributed by atoms with E-state index in [-0.39, 0.29) is 11.5 Å². The maximum atomic E-state index is 9.84. The summed E-state index contributed by atoms with van der Waals surface area (Å²) in [4.78, 5) is 0. The first-order valence-electron chi connectivity index (χ1n) is 5.05. The average Bonchev–Trinajstić information content (AvgIpc) is 2.14. The summed E-state index contributed by atoms with van der Waals surface area (Å²) in [7, 11) is 0. The Morgan fingerprint density at radius 3 is 2.71 bits per heavy atom. The van der Waals surface area contributed by atoms with E-state index in [4.69, 9.17) is 5.73 Å². The second kappa shape index (κ2) is 3.07. The second-order valence-corrected chi connectivity index (χ2v) is 4.77. The SMILES string of the molecule is CC1(C)C[C@H](O)[C@@H](N)c2ccccc21. The van der Waals surface area contributed by atoms with Gasteiger partial charge in [0.15, 0.2) is 0 Å². The van der Waals surface area contributed by atoms with Crippen molar-refractivity contribution in [3.8, 4) is 0 Å². The fraction of sp³-hybridized carbons (Fsp3) is 0.500. The molecule has 0 heterocycles. The first-order chi connectivity index (χ1) is 6.52. The van der Waals surface area contributed by atoms with E-state index in [2.05, 4.69) is 19.9 Å². The van der Waals surface area contributed by atoms with Gasteiger partial charge in [-0.1, -0.05) is 38.1 Å². The molecule has 0 fully saturated rings. The Morgan fingerprint density at radius 1 is 1.36 bits per heavy atom. The van der Waals surface area contributed by atoms with Gasteiger partial charge in [-0.2, -0.15) is 0 Å². The zero-order valence-electron chi connectivity index (χ0n) is 8.70. The summed E-state index contributed by atoms with van der Waals surface area (Å²) in [5.74, 6) is 0. The van der Waals surface area contributed by atoms with Gasteiger partial charge < -0.3 is 10.8 Å². The Balaban J connectivity index is 2.56. The van der Waals surface area contributed by atoms with Crippen LogP contribution >= 0.6 is 0 Å². The molecule has 14 heavy (non-hydrogen) atoms. The number of hydrogen-bond donors (Lipinski definition) is 2. The summed E-state index contributed by atoms with van der Waals surface area (Å²) in [6, 6.07) is 7.92. The summed E-state index contributed by atoms with van der Waals surface area (Å²) in [6.07, 6.45) is 0.324. The van der Waals surface area contributed by atoms with Crippen molar-refractivity contribution >= 4 is 0 Å². The molecule has 0 aromatic heterocycles. The fourth-order valence-corrected chi connectivity index (χ4v) is 2.37. The van der Waals surface area contributed by atoms with Crippen LogP contribution in [0.25, 0.3) is 0 Å². The molecule has 1 aromatic rings. The van der Waals surface area contributed by atoms with Crippen LogP contribution < -0.4 is 5.73 Å². The third kappa shape index (κ3) is 1.35. The van der Waals surface area contributed by atoms with Crippen molar-refractivity contribution in [2.24, 2.45) is 5.73 Å². The van der Waals surface area contributed by atoms with E-state index in [0.29, 0.717) is 0 Å². The topological polar surface area (TPSA) is 46.2 Å². The zero-order chi connectivity index (χ0) is 10.3. The van der Waals surface area contributed by atoms with Crippen LogP contribution in [0.2, 0.25) is 0 Å². The van der Waals surface area contributed by atoms with E-state index >= 15 is 0 Å². The van der Waals surface area contributed by atoms with E-state index in [9.17, 15) is 5.11 Å². The molecule has 1 aromatic carbocycles. The Labute approximate surface area is 84.7 Å². The molecule has 1 aliphatic rings. The number of rotatable bonds is 0. The van der Waals surface area contributed by atoms with Crippen molar-refractivity contribution in [3.05, 3.63) is 35.4 Å². The first kappa shape index (κ1) is 9.69. The molecule has 0 saturated carbocycles. The van der Waals surface area contributed by atoms with Crippen molar-refractivity contribution in [1.29, 1.82) is 0 Å². The summed E-state index contributed by atoms with van der Waals surface area (Å²) in [5.41, 5.74) is 8.36. The van der Waals surface area contributed by atoms with Gasteiger partial charge in [0.25, 0.3) is 0 Å². The zero-order valence-corrected chi connectivity index (χ0v) is 8.70. The van der Waals surface area contributed by atoms with Gasteiger partial charge in [0.2, 0.25) is 0 Å². The van der Waals surface area contributed by atoms with Crippen molar-refractivity contribution in [1.82, 2.24) is 0 Å². The van der Waals surface area contributed by atoms with Crippen LogP contribution in [0.1, 0.15) is 37.4 Å². The maximum absolute atomic E-state index is 9.84. The smallest absolute Gasteiger partial charge is 0.0741 e. The van der Waals surface area contributed by atoms with E-state index in [0.717, 1.165) is 12.0 Å². The number of aliphatic hydroxyl groups excluding tert-OH is 1. The molecule has 1 aliphatic carbocycles. The minimum Gasteiger partial charge on any atom is -0.391 e. The molecule has 76 valence electrons. The number of nitrogens with two attached hydrogens (primary N) is 1. The molecule has 0 aliphatic heterocycles. The molecule has 2 nitrogen and oxygen atoms in total. The van der Waals surface area contributed by atoms with Crippen molar-refractivity contribution in [2.75, 3.05) is 0 Å². The van der Waals surface area contributed by atoms with E-state index in [1.807, 2.05) is 18.2 Å². The van der Waals surface area contributed by atoms with E-state index in [1.165, 1.54) is 5.56 Å². The lowest BCUT2D eigenvalue weighted by Gasteiger charge is -2.38. The molecule has 0 amide bonds. The van der Waals surface area contributed by atoms with Gasteiger partial charge in [-0.15, -0.1) is 0 Å². The minimum absolute atomic E-state index is 0.0336. The van der Waals surface area contributed by atoms with E-state index < -0.39 is 6.10 Å². The van der Waals surface area contributed by atoms with Crippen LogP contribution in [0.3, 0.4) is 0 Å². The lowest BCUT2D eigenvalue weighted by Crippen LogP contribution is -2.39.